The zero-order valence-electron chi connectivity index (χ0n) is 12.6. The number of rotatable bonds is 3. The lowest BCUT2D eigenvalue weighted by molar-refractivity contribution is 0.480. The molecule has 22 heavy (non-hydrogen) atoms. The number of aryl methyl sites for hydroxylation is 2. The Bertz CT molecular complexity index is 794. The van der Waals surface area contributed by atoms with Gasteiger partial charge in [0.15, 0.2) is 0 Å². The summed E-state index contributed by atoms with van der Waals surface area (Å²) in [6.45, 7) is 4.10. The Balaban J connectivity index is 2.06. The van der Waals surface area contributed by atoms with Crippen LogP contribution in [-0.2, 0) is 0 Å². The number of ether oxygens (including phenoxy) is 1. The SMILES string of the molecule is Cc1ccc(C)c(Oc2cc(Cl)ccc2-c2ccccc2)c1. The summed E-state index contributed by atoms with van der Waals surface area (Å²) < 4.78 is 6.17. The molecule has 0 fully saturated rings. The zero-order valence-corrected chi connectivity index (χ0v) is 13.4. The van der Waals surface area contributed by atoms with Gasteiger partial charge in [-0.25, -0.2) is 0 Å². The molecule has 0 heterocycles. The third kappa shape index (κ3) is 3.15. The van der Waals surface area contributed by atoms with Crippen molar-refractivity contribution in [3.63, 3.8) is 0 Å². The molecule has 3 rings (SSSR count). The monoisotopic (exact) mass is 308 g/mol. The Morgan fingerprint density at radius 3 is 2.32 bits per heavy atom. The second kappa shape index (κ2) is 6.25. The fraction of sp³-hybridized carbons (Fsp3) is 0.100. The first-order valence-corrected chi connectivity index (χ1v) is 7.61. The highest BCUT2D eigenvalue weighted by Gasteiger charge is 2.10. The van der Waals surface area contributed by atoms with Crippen LogP contribution < -0.4 is 4.74 Å². The van der Waals surface area contributed by atoms with Gasteiger partial charge >= 0.3 is 0 Å². The van der Waals surface area contributed by atoms with E-state index in [1.165, 1.54) is 5.56 Å². The van der Waals surface area contributed by atoms with Crippen LogP contribution in [0.3, 0.4) is 0 Å². The molecule has 110 valence electrons. The molecule has 2 heteroatoms. The first-order valence-electron chi connectivity index (χ1n) is 7.23. The van der Waals surface area contributed by atoms with Crippen LogP contribution in [0.5, 0.6) is 11.5 Å². The van der Waals surface area contributed by atoms with Crippen molar-refractivity contribution in [3.05, 3.63) is 82.9 Å². The van der Waals surface area contributed by atoms with E-state index in [1.54, 1.807) is 0 Å². The normalized spacial score (nSPS) is 10.5. The van der Waals surface area contributed by atoms with Crippen LogP contribution in [0, 0.1) is 13.8 Å². The molecule has 3 aromatic carbocycles. The van der Waals surface area contributed by atoms with Crippen molar-refractivity contribution in [1.82, 2.24) is 0 Å². The standard InChI is InChI=1S/C20H17ClO/c1-14-8-9-15(2)19(12-14)22-20-13-17(21)10-11-18(20)16-6-4-3-5-7-16/h3-13H,1-2H3. The van der Waals surface area contributed by atoms with E-state index in [0.717, 1.165) is 28.2 Å². The molecule has 0 aliphatic heterocycles. The summed E-state index contributed by atoms with van der Waals surface area (Å²) >= 11 is 6.16. The number of hydrogen-bond acceptors (Lipinski definition) is 1. The molecule has 3 aromatic rings. The zero-order chi connectivity index (χ0) is 15.5. The number of hydrogen-bond donors (Lipinski definition) is 0. The summed E-state index contributed by atoms with van der Waals surface area (Å²) in [5.74, 6) is 1.63. The Morgan fingerprint density at radius 2 is 1.55 bits per heavy atom. The summed E-state index contributed by atoms with van der Waals surface area (Å²) in [5.41, 5.74) is 4.42. The molecule has 0 unspecified atom stereocenters. The summed E-state index contributed by atoms with van der Waals surface area (Å²) in [4.78, 5) is 0. The molecule has 0 saturated carbocycles. The van der Waals surface area contributed by atoms with Gasteiger partial charge in [0, 0.05) is 16.7 Å². The smallest absolute Gasteiger partial charge is 0.136 e. The molecule has 1 nitrogen and oxygen atoms in total. The number of benzene rings is 3. The first kappa shape index (κ1) is 14.7. The average Bonchev–Trinajstić information content (AvgIpc) is 2.52. The number of halogens is 1. The molecular weight excluding hydrogens is 292 g/mol. The van der Waals surface area contributed by atoms with E-state index in [0.29, 0.717) is 5.02 Å². The Morgan fingerprint density at radius 1 is 0.773 bits per heavy atom. The lowest BCUT2D eigenvalue weighted by Crippen LogP contribution is -1.91. The Hall–Kier alpha value is -2.25. The van der Waals surface area contributed by atoms with Crippen LogP contribution in [0.25, 0.3) is 11.1 Å². The summed E-state index contributed by atoms with van der Waals surface area (Å²) in [5, 5.41) is 0.667. The van der Waals surface area contributed by atoms with Crippen LogP contribution in [-0.4, -0.2) is 0 Å². The van der Waals surface area contributed by atoms with Crippen molar-refractivity contribution in [1.29, 1.82) is 0 Å². The van der Waals surface area contributed by atoms with Gasteiger partial charge in [-0.3, -0.25) is 0 Å². The van der Waals surface area contributed by atoms with Crippen molar-refractivity contribution < 1.29 is 4.74 Å². The van der Waals surface area contributed by atoms with Crippen molar-refractivity contribution in [2.75, 3.05) is 0 Å². The highest BCUT2D eigenvalue weighted by Crippen LogP contribution is 2.36. The van der Waals surface area contributed by atoms with Gasteiger partial charge in [0.2, 0.25) is 0 Å². The van der Waals surface area contributed by atoms with E-state index in [4.69, 9.17) is 16.3 Å². The quantitative estimate of drug-likeness (QED) is 0.542. The van der Waals surface area contributed by atoms with Crippen molar-refractivity contribution in [2.45, 2.75) is 13.8 Å². The van der Waals surface area contributed by atoms with E-state index >= 15 is 0 Å². The van der Waals surface area contributed by atoms with E-state index in [-0.39, 0.29) is 0 Å². The summed E-state index contributed by atoms with van der Waals surface area (Å²) in [7, 11) is 0. The van der Waals surface area contributed by atoms with E-state index in [2.05, 4.69) is 31.2 Å². The van der Waals surface area contributed by atoms with Gasteiger partial charge in [-0.2, -0.15) is 0 Å². The molecule has 0 aliphatic carbocycles. The molecule has 0 radical (unpaired) electrons. The van der Waals surface area contributed by atoms with Gasteiger partial charge in [0.05, 0.1) is 0 Å². The van der Waals surface area contributed by atoms with Crippen LogP contribution in [0.15, 0.2) is 66.7 Å². The largest absolute Gasteiger partial charge is 0.456 e. The maximum Gasteiger partial charge on any atom is 0.136 e. The first-order chi connectivity index (χ1) is 10.6. The van der Waals surface area contributed by atoms with Crippen LogP contribution in [0.2, 0.25) is 5.02 Å². The maximum absolute atomic E-state index is 6.17. The minimum absolute atomic E-state index is 0.667. The Labute approximate surface area is 136 Å². The van der Waals surface area contributed by atoms with Gasteiger partial charge in [0.1, 0.15) is 11.5 Å². The van der Waals surface area contributed by atoms with Gasteiger partial charge in [0.25, 0.3) is 0 Å². The van der Waals surface area contributed by atoms with Gasteiger partial charge < -0.3 is 4.74 Å². The molecule has 0 saturated heterocycles. The van der Waals surface area contributed by atoms with Gasteiger partial charge in [-0.1, -0.05) is 54.1 Å². The van der Waals surface area contributed by atoms with Gasteiger partial charge in [-0.15, -0.1) is 0 Å². The van der Waals surface area contributed by atoms with Crippen LogP contribution in [0.1, 0.15) is 11.1 Å². The second-order valence-electron chi connectivity index (χ2n) is 5.38. The molecule has 0 amide bonds. The topological polar surface area (TPSA) is 9.23 Å². The third-order valence-corrected chi connectivity index (χ3v) is 3.83. The predicted molar refractivity (Wildman–Crippen MR) is 92.9 cm³/mol. The van der Waals surface area contributed by atoms with E-state index in [9.17, 15) is 0 Å². The van der Waals surface area contributed by atoms with Gasteiger partial charge in [-0.05, 0) is 48.7 Å². The molecule has 0 bridgehead atoms. The highest BCUT2D eigenvalue weighted by molar-refractivity contribution is 6.30. The third-order valence-electron chi connectivity index (χ3n) is 3.59. The fourth-order valence-corrected chi connectivity index (χ4v) is 2.53. The predicted octanol–water partition coefficient (Wildman–Crippen LogP) is 6.42. The van der Waals surface area contributed by atoms with Crippen LogP contribution in [0.4, 0.5) is 0 Å². The lowest BCUT2D eigenvalue weighted by atomic mass is 10.0. The van der Waals surface area contributed by atoms with Crippen molar-refractivity contribution >= 4 is 11.6 Å². The summed E-state index contributed by atoms with van der Waals surface area (Å²) in [6, 6.07) is 22.1. The van der Waals surface area contributed by atoms with E-state index in [1.807, 2.05) is 49.4 Å². The minimum atomic E-state index is 0.667. The van der Waals surface area contributed by atoms with E-state index < -0.39 is 0 Å². The molecule has 0 aliphatic rings. The van der Waals surface area contributed by atoms with Crippen molar-refractivity contribution in [3.8, 4) is 22.6 Å². The fourth-order valence-electron chi connectivity index (χ4n) is 2.37. The van der Waals surface area contributed by atoms with Crippen LogP contribution >= 0.6 is 11.6 Å². The lowest BCUT2D eigenvalue weighted by Gasteiger charge is -2.14. The summed E-state index contributed by atoms with van der Waals surface area (Å²) in [6.07, 6.45) is 0. The molecule has 0 atom stereocenters. The average molecular weight is 309 g/mol. The minimum Gasteiger partial charge on any atom is -0.456 e. The second-order valence-corrected chi connectivity index (χ2v) is 5.81. The maximum atomic E-state index is 6.17. The highest BCUT2D eigenvalue weighted by atomic mass is 35.5. The Kier molecular flexibility index (Phi) is 4.17. The molecule has 0 N–H and O–H groups in total. The molecule has 0 spiro atoms. The van der Waals surface area contributed by atoms with Crippen molar-refractivity contribution in [2.24, 2.45) is 0 Å². The molecular formula is C20H17ClO. The molecule has 0 aromatic heterocycles.